The summed E-state index contributed by atoms with van der Waals surface area (Å²) in [6, 6.07) is 18.3. The number of carbonyl (C=O) groups is 2. The molecule has 2 saturated heterocycles. The molecule has 0 radical (unpaired) electrons. The molecule has 2 aromatic carbocycles. The number of anilines is 1. The Labute approximate surface area is 219 Å². The van der Waals surface area contributed by atoms with Crippen LogP contribution in [0.2, 0.25) is 5.02 Å². The van der Waals surface area contributed by atoms with Gasteiger partial charge in [0.1, 0.15) is 10.3 Å². The lowest BCUT2D eigenvalue weighted by atomic mass is 10.0. The van der Waals surface area contributed by atoms with Crippen LogP contribution < -0.4 is 4.90 Å². The molecule has 2 aliphatic rings. The van der Waals surface area contributed by atoms with Crippen molar-refractivity contribution in [1.29, 1.82) is 0 Å². The van der Waals surface area contributed by atoms with Gasteiger partial charge in [0, 0.05) is 30.7 Å². The van der Waals surface area contributed by atoms with Gasteiger partial charge in [-0.05, 0) is 54.1 Å². The number of imide groups is 1. The van der Waals surface area contributed by atoms with E-state index in [0.29, 0.717) is 36.6 Å². The number of benzene rings is 2. The van der Waals surface area contributed by atoms with Crippen molar-refractivity contribution < 1.29 is 18.0 Å². The van der Waals surface area contributed by atoms with Crippen molar-refractivity contribution >= 4 is 50.5 Å². The number of hydrogen-bond acceptors (Lipinski definition) is 6. The van der Waals surface area contributed by atoms with E-state index < -0.39 is 27.9 Å². The molecule has 0 bridgehead atoms. The van der Waals surface area contributed by atoms with Gasteiger partial charge in [0.2, 0.25) is 5.91 Å². The van der Waals surface area contributed by atoms with Crippen molar-refractivity contribution in [2.75, 3.05) is 18.0 Å². The summed E-state index contributed by atoms with van der Waals surface area (Å²) in [5, 5.41) is 2.19. The average molecular weight is 544 g/mol. The van der Waals surface area contributed by atoms with Crippen LogP contribution >= 0.6 is 22.9 Å². The number of halogens is 1. The van der Waals surface area contributed by atoms with Crippen molar-refractivity contribution in [2.24, 2.45) is 0 Å². The molecule has 0 aliphatic carbocycles. The zero-order valence-corrected chi connectivity index (χ0v) is 21.9. The molecule has 10 heteroatoms. The van der Waals surface area contributed by atoms with E-state index in [1.807, 2.05) is 18.2 Å². The van der Waals surface area contributed by atoms with E-state index in [4.69, 9.17) is 11.6 Å². The summed E-state index contributed by atoms with van der Waals surface area (Å²) < 4.78 is 29.1. The Balaban J connectivity index is 1.41. The van der Waals surface area contributed by atoms with Gasteiger partial charge in [-0.25, -0.2) is 13.3 Å². The summed E-state index contributed by atoms with van der Waals surface area (Å²) in [5.41, 5.74) is 1.59. The van der Waals surface area contributed by atoms with Crippen LogP contribution in [0.5, 0.6) is 0 Å². The summed E-state index contributed by atoms with van der Waals surface area (Å²) in [5.74, 6) is -0.936. The van der Waals surface area contributed by atoms with E-state index >= 15 is 0 Å². The Hall–Kier alpha value is -2.56. The minimum Gasteiger partial charge on any atom is -0.299 e. The number of thiophene rings is 1. The van der Waals surface area contributed by atoms with Crippen LogP contribution in [0.3, 0.4) is 0 Å². The molecule has 1 aromatic heterocycles. The number of sulfonamides is 1. The first-order chi connectivity index (χ1) is 17.3. The maximum Gasteiger partial charge on any atom is 0.253 e. The molecule has 3 heterocycles. The van der Waals surface area contributed by atoms with E-state index in [-0.39, 0.29) is 16.7 Å². The molecule has 0 saturated carbocycles. The standard InChI is InChI=1S/C26H26ClN3O4S2/c27-20-8-10-21(11-9-20)29-24(31)17-23(26(29)32)30(36(33,34)25-7-4-16-35-25)22-12-14-28(15-13-22)18-19-5-2-1-3-6-19/h1-11,16,22-23H,12-15,17-18H2. The summed E-state index contributed by atoms with van der Waals surface area (Å²) in [7, 11) is -3.97. The molecule has 2 fully saturated rings. The second-order valence-electron chi connectivity index (χ2n) is 9.02. The Morgan fingerprint density at radius 2 is 1.64 bits per heavy atom. The minimum atomic E-state index is -3.97. The predicted octanol–water partition coefficient (Wildman–Crippen LogP) is 4.39. The maximum absolute atomic E-state index is 13.8. The first kappa shape index (κ1) is 25.1. The Morgan fingerprint density at radius 1 is 0.944 bits per heavy atom. The minimum absolute atomic E-state index is 0.180. The highest BCUT2D eigenvalue weighted by molar-refractivity contribution is 7.91. The molecule has 7 nitrogen and oxygen atoms in total. The van der Waals surface area contributed by atoms with Crippen molar-refractivity contribution in [3.05, 3.63) is 82.7 Å². The molecule has 2 aliphatic heterocycles. The van der Waals surface area contributed by atoms with E-state index in [2.05, 4.69) is 17.0 Å². The number of likely N-dealkylation sites (tertiary alicyclic amines) is 1. The highest BCUT2D eigenvalue weighted by Gasteiger charge is 2.50. The summed E-state index contributed by atoms with van der Waals surface area (Å²) in [6.45, 7) is 2.19. The van der Waals surface area contributed by atoms with Crippen LogP contribution in [0.25, 0.3) is 0 Å². The van der Waals surface area contributed by atoms with Crippen molar-refractivity contribution in [1.82, 2.24) is 9.21 Å². The molecule has 2 amide bonds. The quantitative estimate of drug-likeness (QED) is 0.413. The Bertz CT molecular complexity index is 1320. The third-order valence-corrected chi connectivity index (χ3v) is 10.3. The van der Waals surface area contributed by atoms with Crippen LogP contribution in [0, 0.1) is 0 Å². The van der Waals surface area contributed by atoms with Crippen molar-refractivity contribution in [3.8, 4) is 0 Å². The van der Waals surface area contributed by atoms with E-state index in [0.717, 1.165) is 22.8 Å². The van der Waals surface area contributed by atoms with Crippen LogP contribution in [0.4, 0.5) is 5.69 Å². The molecule has 0 spiro atoms. The summed E-state index contributed by atoms with van der Waals surface area (Å²) in [4.78, 5) is 29.9. The van der Waals surface area contributed by atoms with Crippen LogP contribution in [0.15, 0.2) is 76.3 Å². The zero-order valence-electron chi connectivity index (χ0n) is 19.5. The number of amides is 2. The number of piperidine rings is 1. The molecule has 5 rings (SSSR count). The van der Waals surface area contributed by atoms with Gasteiger partial charge in [-0.1, -0.05) is 48.0 Å². The molecule has 0 N–H and O–H groups in total. The topological polar surface area (TPSA) is 78.0 Å². The second-order valence-corrected chi connectivity index (χ2v) is 12.5. The van der Waals surface area contributed by atoms with Gasteiger partial charge >= 0.3 is 0 Å². The Kier molecular flexibility index (Phi) is 7.28. The SMILES string of the molecule is O=C1CC(N(C2CCN(Cc3ccccc3)CC2)S(=O)(=O)c2cccs2)C(=O)N1c1ccc(Cl)cc1. The smallest absolute Gasteiger partial charge is 0.253 e. The second kappa shape index (κ2) is 10.4. The fourth-order valence-corrected chi connectivity index (χ4v) is 8.03. The lowest BCUT2D eigenvalue weighted by Gasteiger charge is -2.39. The van der Waals surface area contributed by atoms with E-state index in [1.54, 1.807) is 41.8 Å². The van der Waals surface area contributed by atoms with Gasteiger partial charge in [-0.15, -0.1) is 11.3 Å². The first-order valence-corrected chi connectivity index (χ1v) is 14.5. The zero-order chi connectivity index (χ0) is 25.3. The first-order valence-electron chi connectivity index (χ1n) is 11.8. The number of nitrogens with zero attached hydrogens (tertiary/aromatic N) is 3. The number of rotatable bonds is 7. The molecule has 3 aromatic rings. The van der Waals surface area contributed by atoms with Crippen LogP contribution in [-0.2, 0) is 26.2 Å². The van der Waals surface area contributed by atoms with Gasteiger partial charge in [0.15, 0.2) is 0 Å². The highest BCUT2D eigenvalue weighted by atomic mass is 35.5. The lowest BCUT2D eigenvalue weighted by Crippen LogP contribution is -2.53. The van der Waals surface area contributed by atoms with Crippen LogP contribution in [0.1, 0.15) is 24.8 Å². The third kappa shape index (κ3) is 4.99. The fourth-order valence-electron chi connectivity index (χ4n) is 4.98. The molecule has 36 heavy (non-hydrogen) atoms. The predicted molar refractivity (Wildman–Crippen MR) is 140 cm³/mol. The third-order valence-electron chi connectivity index (χ3n) is 6.71. The maximum atomic E-state index is 13.8. The molecule has 1 unspecified atom stereocenters. The normalized spacial score (nSPS) is 19.9. The highest BCUT2D eigenvalue weighted by Crippen LogP contribution is 2.35. The molecular weight excluding hydrogens is 518 g/mol. The van der Waals surface area contributed by atoms with Gasteiger partial charge < -0.3 is 0 Å². The molecule has 1 atom stereocenters. The molecular formula is C26H26ClN3O4S2. The Morgan fingerprint density at radius 3 is 2.28 bits per heavy atom. The van der Waals surface area contributed by atoms with Crippen molar-refractivity contribution in [2.45, 2.75) is 42.1 Å². The fraction of sp³-hybridized carbons (Fsp3) is 0.308. The number of hydrogen-bond donors (Lipinski definition) is 0. The van der Waals surface area contributed by atoms with Gasteiger partial charge in [-0.3, -0.25) is 14.5 Å². The summed E-state index contributed by atoms with van der Waals surface area (Å²) in [6.07, 6.45) is 0.975. The number of carbonyl (C=O) groups excluding carboxylic acids is 2. The largest absolute Gasteiger partial charge is 0.299 e. The van der Waals surface area contributed by atoms with Gasteiger partial charge in [0.05, 0.1) is 12.1 Å². The van der Waals surface area contributed by atoms with Crippen molar-refractivity contribution in [3.63, 3.8) is 0 Å². The monoisotopic (exact) mass is 543 g/mol. The van der Waals surface area contributed by atoms with Gasteiger partial charge in [0.25, 0.3) is 15.9 Å². The average Bonchev–Trinajstić information content (AvgIpc) is 3.51. The lowest BCUT2D eigenvalue weighted by molar-refractivity contribution is -0.122. The van der Waals surface area contributed by atoms with E-state index in [9.17, 15) is 18.0 Å². The summed E-state index contributed by atoms with van der Waals surface area (Å²) >= 11 is 7.09. The van der Waals surface area contributed by atoms with Gasteiger partial charge in [-0.2, -0.15) is 4.31 Å². The van der Waals surface area contributed by atoms with E-state index in [1.165, 1.54) is 9.87 Å². The molecule has 188 valence electrons. The van der Waals surface area contributed by atoms with Crippen LogP contribution in [-0.4, -0.2) is 54.6 Å².